The summed E-state index contributed by atoms with van der Waals surface area (Å²) in [6.07, 6.45) is 1.66. The number of benzene rings is 2. The minimum absolute atomic E-state index is 0. The molecule has 2 aromatic carbocycles. The Balaban J connectivity index is 0.000000590. The molecule has 0 fully saturated rings. The summed E-state index contributed by atoms with van der Waals surface area (Å²) in [5, 5.41) is 9.73. The molecule has 4 rings (SSSR count). The predicted molar refractivity (Wildman–Crippen MR) is 140 cm³/mol. The summed E-state index contributed by atoms with van der Waals surface area (Å²) in [5.74, 6) is -1.07. The molecule has 0 bridgehead atoms. The van der Waals surface area contributed by atoms with E-state index in [0.717, 1.165) is 44.3 Å². The Hall–Kier alpha value is -0.974. The molecule has 10 heteroatoms. The zero-order valence-corrected chi connectivity index (χ0v) is 25.0. The van der Waals surface area contributed by atoms with Gasteiger partial charge in [0.2, 0.25) is 5.78 Å². The Morgan fingerprint density at radius 2 is 1.29 bits per heavy atom. The molecule has 2 aliphatic heterocycles. The van der Waals surface area contributed by atoms with Crippen LogP contribution in [0.1, 0.15) is 31.9 Å². The summed E-state index contributed by atoms with van der Waals surface area (Å²) in [4.78, 5) is 37.7. The number of anilines is 2. The molecule has 0 atom stereocenters. The monoisotopic (exact) mass is 624 g/mol. The summed E-state index contributed by atoms with van der Waals surface area (Å²) in [7, 11) is 0. The average Bonchev–Trinajstić information content (AvgIpc) is 3.29. The number of hydrogen-bond acceptors (Lipinski definition) is 4. The molecule has 0 aromatic heterocycles. The number of nitrogens with zero attached hydrogens (tertiary/aromatic N) is 2. The van der Waals surface area contributed by atoms with Crippen LogP contribution >= 0.6 is 31.9 Å². The minimum Gasteiger partial charge on any atom is -1.00 e. The van der Waals surface area contributed by atoms with Crippen LogP contribution < -0.4 is 22.2 Å². The van der Waals surface area contributed by atoms with Gasteiger partial charge in [0.1, 0.15) is 5.60 Å². The van der Waals surface area contributed by atoms with Crippen molar-refractivity contribution in [1.82, 2.24) is 0 Å². The third kappa shape index (κ3) is 7.51. The molecule has 180 valence electrons. The van der Waals surface area contributed by atoms with Gasteiger partial charge in [-0.25, -0.2) is 0 Å². The van der Waals surface area contributed by atoms with E-state index in [1.807, 2.05) is 36.4 Å². The fourth-order valence-electron chi connectivity index (χ4n) is 3.68. The molecule has 1 N–H and O–H groups in total. The van der Waals surface area contributed by atoms with E-state index in [1.54, 1.807) is 9.80 Å². The van der Waals surface area contributed by atoms with Gasteiger partial charge in [-0.05, 0) is 74.2 Å². The van der Waals surface area contributed by atoms with Gasteiger partial charge in [0, 0.05) is 40.3 Å². The number of Topliss-reactive ketones (excluding diaryl/α,β-unsaturated/α-hetero) is 1. The van der Waals surface area contributed by atoms with E-state index < -0.39 is 17.3 Å². The Kier molecular flexibility index (Phi) is 13.0. The Morgan fingerprint density at radius 3 is 1.71 bits per heavy atom. The van der Waals surface area contributed by atoms with Crippen LogP contribution in [-0.4, -0.2) is 64.4 Å². The summed E-state index contributed by atoms with van der Waals surface area (Å²) >= 11 is 6.79. The van der Waals surface area contributed by atoms with E-state index in [9.17, 15) is 19.5 Å². The maximum Gasteiger partial charge on any atom is 2.00 e. The second-order valence-corrected chi connectivity index (χ2v) is 9.91. The largest absolute Gasteiger partial charge is 2.00 e. The molecule has 0 aliphatic carbocycles. The number of carbonyl (C=O) groups is 3. The van der Waals surface area contributed by atoms with Crippen LogP contribution in [0.3, 0.4) is 0 Å². The van der Waals surface area contributed by atoms with E-state index in [1.165, 1.54) is 20.8 Å². The Labute approximate surface area is 240 Å². The van der Waals surface area contributed by atoms with Gasteiger partial charge in [0.15, 0.2) is 0 Å². The first-order chi connectivity index (χ1) is 14.5. The number of aliphatic hydroxyl groups is 1. The van der Waals surface area contributed by atoms with Crippen molar-refractivity contribution >= 4 is 83.9 Å². The number of amides is 2. The molecule has 34 heavy (non-hydrogen) atoms. The van der Waals surface area contributed by atoms with Crippen molar-refractivity contribution in [3.63, 3.8) is 0 Å². The Bertz CT molecular complexity index is 1060. The maximum absolute atomic E-state index is 12.0. The summed E-state index contributed by atoms with van der Waals surface area (Å²) in [5.41, 5.74) is 2.72. The van der Waals surface area contributed by atoms with E-state index >= 15 is 0 Å². The minimum atomic E-state index is -1.31. The number of hydrogen-bond donors (Lipinski definition) is 1. The van der Waals surface area contributed by atoms with Gasteiger partial charge >= 0.3 is 23.1 Å². The fraction of sp³-hybridized carbons (Fsp3) is 0.333. The molecule has 0 spiro atoms. The van der Waals surface area contributed by atoms with Crippen LogP contribution in [0, 0.1) is 7.43 Å². The molecule has 0 radical (unpaired) electrons. The third-order valence-corrected chi connectivity index (χ3v) is 6.18. The van der Waals surface area contributed by atoms with Crippen LogP contribution in [0.5, 0.6) is 0 Å². The second kappa shape index (κ2) is 13.4. The molecule has 0 saturated heterocycles. The molecule has 2 heterocycles. The molecule has 0 unspecified atom stereocenters. The van der Waals surface area contributed by atoms with Crippen LogP contribution in [0.25, 0.3) is 0 Å². The van der Waals surface area contributed by atoms with Gasteiger partial charge in [0.25, 0.3) is 11.8 Å². The van der Waals surface area contributed by atoms with Gasteiger partial charge in [-0.3, -0.25) is 14.4 Å². The van der Waals surface area contributed by atoms with E-state index in [2.05, 4.69) is 31.9 Å². The standard InChI is InChI=1S/C12H14BrNO2.C11H10BrNO2.CH3.ClH.Mg/c1-12(2,16)11(15)14-6-5-8-7-9(13)3-4-10(8)14;1-7(14)11(15)13-5-4-8-6-9(12)2-3-10(8)13;;;/h3-4,7,16H,5-6H2,1-2H3;2-3,6H,4-5H2,1H3;1H3;1H;/q;;-1;;+2/p-1. The van der Waals surface area contributed by atoms with E-state index in [4.69, 9.17) is 0 Å². The summed E-state index contributed by atoms with van der Waals surface area (Å²) < 4.78 is 2.02. The zero-order chi connectivity index (χ0) is 22.9. The van der Waals surface area contributed by atoms with Crippen molar-refractivity contribution in [1.29, 1.82) is 0 Å². The SMILES string of the molecule is CC(=O)C(=O)N1CCc2cc(Br)ccc21.CC(C)(O)C(=O)N1CCc2cc(Br)ccc21.[CH3-].[Cl-].[Mg+2]. The number of rotatable bonds is 2. The average molecular weight is 627 g/mol. The third-order valence-electron chi connectivity index (χ3n) is 5.19. The van der Waals surface area contributed by atoms with Crippen molar-refractivity contribution < 1.29 is 31.9 Å². The molecule has 6 nitrogen and oxygen atoms in total. The topological polar surface area (TPSA) is 77.9 Å². The molecular weight excluding hydrogens is 600 g/mol. The van der Waals surface area contributed by atoms with Crippen molar-refractivity contribution in [2.75, 3.05) is 22.9 Å². The smallest absolute Gasteiger partial charge is 1.00 e. The van der Waals surface area contributed by atoms with Gasteiger partial charge in [-0.2, -0.15) is 0 Å². The molecular formula is C24H27Br2ClMgN2O4. The van der Waals surface area contributed by atoms with Crippen molar-refractivity contribution in [3.8, 4) is 0 Å². The molecule has 2 aromatic rings. The van der Waals surface area contributed by atoms with E-state index in [0.29, 0.717) is 13.1 Å². The number of ketones is 1. The fourth-order valence-corrected chi connectivity index (χ4v) is 4.50. The predicted octanol–water partition coefficient (Wildman–Crippen LogP) is 1.11. The molecule has 0 saturated carbocycles. The van der Waals surface area contributed by atoms with E-state index in [-0.39, 0.29) is 48.8 Å². The first-order valence-corrected chi connectivity index (χ1v) is 11.5. The summed E-state index contributed by atoms with van der Waals surface area (Å²) in [6.45, 7) is 5.59. The van der Waals surface area contributed by atoms with Crippen LogP contribution in [0.4, 0.5) is 11.4 Å². The van der Waals surface area contributed by atoms with Gasteiger partial charge in [-0.15, -0.1) is 0 Å². The normalized spacial score (nSPS) is 13.2. The number of fused-ring (bicyclic) bond motifs is 2. The van der Waals surface area contributed by atoms with Crippen molar-refractivity contribution in [2.45, 2.75) is 39.2 Å². The second-order valence-electron chi connectivity index (χ2n) is 8.07. The first-order valence-electron chi connectivity index (χ1n) is 9.92. The number of halogens is 3. The van der Waals surface area contributed by atoms with Gasteiger partial charge in [-0.1, -0.05) is 31.9 Å². The first kappa shape index (κ1) is 33.0. The van der Waals surface area contributed by atoms with Crippen molar-refractivity contribution in [3.05, 3.63) is 63.9 Å². The molecule has 2 aliphatic rings. The van der Waals surface area contributed by atoms with Crippen LogP contribution in [0.15, 0.2) is 45.3 Å². The van der Waals surface area contributed by atoms with Crippen molar-refractivity contribution in [2.24, 2.45) is 0 Å². The van der Waals surface area contributed by atoms with Gasteiger partial charge < -0.3 is 34.7 Å². The molecule has 2 amide bonds. The number of carbonyl (C=O) groups excluding carboxylic acids is 3. The maximum atomic E-state index is 12.0. The quantitative estimate of drug-likeness (QED) is 0.308. The zero-order valence-electron chi connectivity index (χ0n) is 19.7. The summed E-state index contributed by atoms with van der Waals surface area (Å²) in [6, 6.07) is 11.6. The Morgan fingerprint density at radius 1 is 0.882 bits per heavy atom. The van der Waals surface area contributed by atoms with Crippen LogP contribution in [0.2, 0.25) is 0 Å². The van der Waals surface area contributed by atoms with Gasteiger partial charge in [0.05, 0.1) is 0 Å². The van der Waals surface area contributed by atoms with Crippen LogP contribution in [-0.2, 0) is 27.2 Å².